The molecule has 0 amide bonds. The summed E-state index contributed by atoms with van der Waals surface area (Å²) < 4.78 is 5.08. The van der Waals surface area contributed by atoms with Crippen LogP contribution in [0.4, 0.5) is 11.8 Å². The lowest BCUT2D eigenvalue weighted by atomic mass is 10.3. The fourth-order valence-corrected chi connectivity index (χ4v) is 1.40. The summed E-state index contributed by atoms with van der Waals surface area (Å²) in [4.78, 5) is 8.24. The molecule has 0 aliphatic heterocycles. The summed E-state index contributed by atoms with van der Waals surface area (Å²) >= 11 is 0. The average Bonchev–Trinajstić information content (AvgIpc) is 2.72. The predicted molar refractivity (Wildman–Crippen MR) is 63.1 cm³/mol. The van der Waals surface area contributed by atoms with Crippen molar-refractivity contribution in [3.63, 3.8) is 0 Å². The highest BCUT2D eigenvalue weighted by Gasteiger charge is 2.03. The van der Waals surface area contributed by atoms with Crippen LogP contribution in [0.15, 0.2) is 16.7 Å². The SMILES string of the molecule is Cc1cc(CNc2cc(C)nc(NN)n2)on1. The summed E-state index contributed by atoms with van der Waals surface area (Å²) in [5.74, 6) is 7.07. The number of nitrogens with zero attached hydrogens (tertiary/aromatic N) is 3. The van der Waals surface area contributed by atoms with Crippen LogP contribution in [-0.4, -0.2) is 15.1 Å². The van der Waals surface area contributed by atoms with Crippen LogP contribution in [0.25, 0.3) is 0 Å². The first-order valence-corrected chi connectivity index (χ1v) is 5.16. The summed E-state index contributed by atoms with van der Waals surface area (Å²) in [6, 6.07) is 3.69. The van der Waals surface area contributed by atoms with Crippen molar-refractivity contribution in [2.45, 2.75) is 20.4 Å². The van der Waals surface area contributed by atoms with E-state index in [9.17, 15) is 0 Å². The molecule has 0 radical (unpaired) electrons. The molecule has 2 aromatic heterocycles. The molecule has 2 rings (SSSR count). The summed E-state index contributed by atoms with van der Waals surface area (Å²) in [6.45, 7) is 4.26. The van der Waals surface area contributed by atoms with Crippen molar-refractivity contribution >= 4 is 11.8 Å². The first kappa shape index (κ1) is 11.3. The quantitative estimate of drug-likeness (QED) is 0.535. The van der Waals surface area contributed by atoms with Crippen molar-refractivity contribution in [2.75, 3.05) is 10.7 Å². The van der Waals surface area contributed by atoms with Gasteiger partial charge in [0.2, 0.25) is 5.95 Å². The van der Waals surface area contributed by atoms with E-state index in [-0.39, 0.29) is 0 Å². The van der Waals surface area contributed by atoms with Crippen molar-refractivity contribution < 1.29 is 4.52 Å². The molecular formula is C10H14N6O. The Labute approximate surface area is 98.4 Å². The summed E-state index contributed by atoms with van der Waals surface area (Å²) in [5.41, 5.74) is 4.09. The van der Waals surface area contributed by atoms with Crippen molar-refractivity contribution in [1.29, 1.82) is 0 Å². The number of nitrogens with two attached hydrogens (primary N) is 1. The van der Waals surface area contributed by atoms with E-state index in [1.807, 2.05) is 26.0 Å². The van der Waals surface area contributed by atoms with Crippen LogP contribution >= 0.6 is 0 Å². The maximum Gasteiger partial charge on any atom is 0.239 e. The molecule has 17 heavy (non-hydrogen) atoms. The molecule has 0 fully saturated rings. The Morgan fingerprint density at radius 2 is 2.06 bits per heavy atom. The monoisotopic (exact) mass is 234 g/mol. The van der Waals surface area contributed by atoms with Crippen LogP contribution in [0.5, 0.6) is 0 Å². The van der Waals surface area contributed by atoms with Crippen molar-refractivity contribution in [1.82, 2.24) is 15.1 Å². The minimum atomic E-state index is 0.376. The number of hydrogen-bond acceptors (Lipinski definition) is 7. The van der Waals surface area contributed by atoms with Crippen LogP contribution in [-0.2, 0) is 6.54 Å². The van der Waals surface area contributed by atoms with Gasteiger partial charge in [-0.25, -0.2) is 10.8 Å². The van der Waals surface area contributed by atoms with Gasteiger partial charge in [-0.2, -0.15) is 4.98 Å². The molecule has 7 nitrogen and oxygen atoms in total. The second kappa shape index (κ2) is 4.79. The molecule has 0 unspecified atom stereocenters. The van der Waals surface area contributed by atoms with Crippen LogP contribution < -0.4 is 16.6 Å². The van der Waals surface area contributed by atoms with Gasteiger partial charge >= 0.3 is 0 Å². The first-order valence-electron chi connectivity index (χ1n) is 5.16. The summed E-state index contributed by atoms with van der Waals surface area (Å²) in [7, 11) is 0. The molecule has 0 aliphatic rings. The van der Waals surface area contributed by atoms with Gasteiger partial charge in [-0.1, -0.05) is 5.16 Å². The highest BCUT2D eigenvalue weighted by atomic mass is 16.5. The second-order valence-corrected chi connectivity index (χ2v) is 3.65. The topological polar surface area (TPSA) is 102 Å². The number of aromatic nitrogens is 3. The lowest BCUT2D eigenvalue weighted by Crippen LogP contribution is -2.12. The maximum absolute atomic E-state index is 5.27. The maximum atomic E-state index is 5.27. The Balaban J connectivity index is 2.05. The summed E-state index contributed by atoms with van der Waals surface area (Å²) in [5, 5.41) is 6.91. The number of hydrogen-bond donors (Lipinski definition) is 3. The normalized spacial score (nSPS) is 10.3. The Kier molecular flexibility index (Phi) is 3.20. The molecule has 0 saturated carbocycles. The minimum absolute atomic E-state index is 0.376. The smallest absolute Gasteiger partial charge is 0.239 e. The van der Waals surface area contributed by atoms with E-state index >= 15 is 0 Å². The Bertz CT molecular complexity index is 509. The zero-order valence-electron chi connectivity index (χ0n) is 9.69. The minimum Gasteiger partial charge on any atom is -0.363 e. The molecule has 0 atom stereocenters. The molecule has 2 heterocycles. The van der Waals surface area contributed by atoms with Gasteiger partial charge < -0.3 is 9.84 Å². The number of nitrogen functional groups attached to an aromatic ring is 1. The van der Waals surface area contributed by atoms with E-state index in [4.69, 9.17) is 10.4 Å². The van der Waals surface area contributed by atoms with E-state index < -0.39 is 0 Å². The van der Waals surface area contributed by atoms with E-state index in [1.165, 1.54) is 0 Å². The third kappa shape index (κ3) is 2.91. The van der Waals surface area contributed by atoms with E-state index in [0.717, 1.165) is 17.1 Å². The van der Waals surface area contributed by atoms with Gasteiger partial charge in [0, 0.05) is 17.8 Å². The molecule has 2 aromatic rings. The van der Waals surface area contributed by atoms with Gasteiger partial charge in [0.25, 0.3) is 0 Å². The standard InChI is InChI=1S/C10H14N6O/c1-6-4-9(14-10(13-6)15-11)12-5-8-3-7(2)16-17-8/h3-4H,5,11H2,1-2H3,(H2,12,13,14,15). The summed E-state index contributed by atoms with van der Waals surface area (Å²) in [6.07, 6.45) is 0. The third-order valence-electron chi connectivity index (χ3n) is 2.10. The lowest BCUT2D eigenvalue weighted by molar-refractivity contribution is 0.384. The van der Waals surface area contributed by atoms with Crippen LogP contribution in [0.2, 0.25) is 0 Å². The largest absolute Gasteiger partial charge is 0.363 e. The molecule has 4 N–H and O–H groups in total. The van der Waals surface area contributed by atoms with E-state index in [2.05, 4.69) is 25.9 Å². The Morgan fingerprint density at radius 1 is 1.24 bits per heavy atom. The molecular weight excluding hydrogens is 220 g/mol. The number of hydrazine groups is 1. The van der Waals surface area contributed by atoms with Gasteiger partial charge in [-0.15, -0.1) is 0 Å². The number of nitrogens with one attached hydrogen (secondary N) is 2. The van der Waals surface area contributed by atoms with Crippen molar-refractivity contribution in [2.24, 2.45) is 5.84 Å². The second-order valence-electron chi connectivity index (χ2n) is 3.65. The fraction of sp³-hybridized carbons (Fsp3) is 0.300. The number of aryl methyl sites for hydroxylation is 2. The molecule has 7 heteroatoms. The van der Waals surface area contributed by atoms with Gasteiger partial charge in [0.05, 0.1) is 12.2 Å². The van der Waals surface area contributed by atoms with Crippen LogP contribution in [0.3, 0.4) is 0 Å². The number of rotatable bonds is 4. The van der Waals surface area contributed by atoms with Crippen LogP contribution in [0.1, 0.15) is 17.1 Å². The predicted octanol–water partition coefficient (Wildman–Crippen LogP) is 0.979. The molecule has 0 spiro atoms. The highest BCUT2D eigenvalue weighted by Crippen LogP contribution is 2.10. The van der Waals surface area contributed by atoms with Gasteiger partial charge in [0.15, 0.2) is 5.76 Å². The molecule has 0 bridgehead atoms. The molecule has 0 saturated heterocycles. The van der Waals surface area contributed by atoms with Crippen LogP contribution in [0, 0.1) is 13.8 Å². The highest BCUT2D eigenvalue weighted by molar-refractivity contribution is 5.41. The molecule has 0 aromatic carbocycles. The Morgan fingerprint density at radius 3 is 2.71 bits per heavy atom. The van der Waals surface area contributed by atoms with Gasteiger partial charge in [-0.05, 0) is 13.8 Å². The van der Waals surface area contributed by atoms with Crippen molar-refractivity contribution in [3.05, 3.63) is 29.3 Å². The Hall–Kier alpha value is -2.15. The van der Waals surface area contributed by atoms with Gasteiger partial charge in [0.1, 0.15) is 5.82 Å². The van der Waals surface area contributed by atoms with Crippen molar-refractivity contribution in [3.8, 4) is 0 Å². The van der Waals surface area contributed by atoms with E-state index in [0.29, 0.717) is 18.3 Å². The first-order chi connectivity index (χ1) is 8.17. The zero-order chi connectivity index (χ0) is 12.3. The average molecular weight is 234 g/mol. The van der Waals surface area contributed by atoms with Gasteiger partial charge in [-0.3, -0.25) is 5.43 Å². The zero-order valence-corrected chi connectivity index (χ0v) is 9.69. The molecule has 90 valence electrons. The lowest BCUT2D eigenvalue weighted by Gasteiger charge is -2.06. The van der Waals surface area contributed by atoms with E-state index in [1.54, 1.807) is 0 Å². The number of anilines is 2. The fourth-order valence-electron chi connectivity index (χ4n) is 1.40. The third-order valence-corrected chi connectivity index (χ3v) is 2.10. The molecule has 0 aliphatic carbocycles.